The van der Waals surface area contributed by atoms with Crippen LogP contribution >= 0.6 is 27.7 Å². The zero-order valence-corrected chi connectivity index (χ0v) is 24.4. The molecule has 0 atom stereocenters. The molecule has 0 saturated carbocycles. The lowest BCUT2D eigenvalue weighted by atomic mass is 10.2. The summed E-state index contributed by atoms with van der Waals surface area (Å²) in [7, 11) is 0. The van der Waals surface area contributed by atoms with Crippen LogP contribution in [0.25, 0.3) is 6.08 Å². The third-order valence-electron chi connectivity index (χ3n) is 5.60. The molecule has 9 nitrogen and oxygen atoms in total. The van der Waals surface area contributed by atoms with Crippen molar-refractivity contribution in [2.45, 2.75) is 13.8 Å². The summed E-state index contributed by atoms with van der Waals surface area (Å²) >= 11 is 4.13. The van der Waals surface area contributed by atoms with Crippen molar-refractivity contribution in [1.29, 1.82) is 0 Å². The van der Waals surface area contributed by atoms with Gasteiger partial charge in [-0.3, -0.25) is 24.1 Å². The van der Waals surface area contributed by atoms with Crippen LogP contribution in [0.4, 0.5) is 20.6 Å². The van der Waals surface area contributed by atoms with E-state index in [4.69, 9.17) is 9.47 Å². The lowest BCUT2D eigenvalue weighted by Crippen LogP contribution is -2.36. The molecule has 3 aromatic carbocycles. The Hall–Kier alpha value is -4.16. The van der Waals surface area contributed by atoms with Crippen LogP contribution in [0.1, 0.15) is 18.1 Å². The van der Waals surface area contributed by atoms with Gasteiger partial charge in [0, 0.05) is 11.4 Å². The van der Waals surface area contributed by atoms with Crippen LogP contribution < -0.4 is 20.1 Å². The monoisotopic (exact) mass is 641 g/mol. The third kappa shape index (κ3) is 7.95. The number of anilines is 2. The standard InChI is InChI=1S/C29H25BrFN3O6S/c1-3-39-23-12-18(11-22(30)27(23)40-16-26(36)32-20-9-7-17(2)8-10-20)13-24-28(37)34(29(38)41-24)15-25(35)33-21-6-4-5-19(31)14-21/h4-14H,3,15-16H2,1-2H3,(H,32,36)(H,33,35)/b24-13+. The summed E-state index contributed by atoms with van der Waals surface area (Å²) in [4.78, 5) is 51.2. The molecule has 4 amide bonds. The van der Waals surface area contributed by atoms with Crippen molar-refractivity contribution < 1.29 is 33.0 Å². The molecular weight excluding hydrogens is 617 g/mol. The molecule has 0 radical (unpaired) electrons. The Morgan fingerprint density at radius 3 is 2.44 bits per heavy atom. The summed E-state index contributed by atoms with van der Waals surface area (Å²) in [6.45, 7) is 3.24. The molecule has 0 aromatic heterocycles. The first-order valence-corrected chi connectivity index (χ1v) is 14.0. The van der Waals surface area contributed by atoms with Gasteiger partial charge in [0.05, 0.1) is 16.0 Å². The number of thioether (sulfide) groups is 1. The van der Waals surface area contributed by atoms with Crippen LogP contribution in [0.15, 0.2) is 70.0 Å². The van der Waals surface area contributed by atoms with E-state index in [1.54, 1.807) is 31.2 Å². The van der Waals surface area contributed by atoms with E-state index in [1.165, 1.54) is 24.3 Å². The molecule has 212 valence electrons. The molecule has 3 aromatic rings. The molecule has 1 heterocycles. The van der Waals surface area contributed by atoms with Gasteiger partial charge in [0.1, 0.15) is 12.4 Å². The quantitative estimate of drug-likeness (QED) is 0.261. The number of carbonyl (C=O) groups excluding carboxylic acids is 4. The number of carbonyl (C=O) groups is 4. The van der Waals surface area contributed by atoms with Gasteiger partial charge in [0.15, 0.2) is 18.1 Å². The average Bonchev–Trinajstić information content (AvgIpc) is 3.17. The highest BCUT2D eigenvalue weighted by atomic mass is 79.9. The predicted octanol–water partition coefficient (Wildman–Crippen LogP) is 5.99. The SMILES string of the molecule is CCOc1cc(/C=C2/SC(=O)N(CC(=O)Nc3cccc(F)c3)C2=O)cc(Br)c1OCC(=O)Nc1ccc(C)cc1. The number of hydrogen-bond donors (Lipinski definition) is 2. The maximum Gasteiger partial charge on any atom is 0.294 e. The number of hydrogen-bond acceptors (Lipinski definition) is 7. The first kappa shape index (κ1) is 29.8. The molecule has 0 aliphatic carbocycles. The molecule has 4 rings (SSSR count). The van der Waals surface area contributed by atoms with Crippen LogP contribution in [-0.4, -0.2) is 47.6 Å². The van der Waals surface area contributed by atoms with Gasteiger partial charge < -0.3 is 20.1 Å². The highest BCUT2D eigenvalue weighted by Crippen LogP contribution is 2.39. The number of halogens is 2. The van der Waals surface area contributed by atoms with Crippen LogP contribution in [0.3, 0.4) is 0 Å². The molecule has 0 bridgehead atoms. The Bertz CT molecular complexity index is 1530. The molecule has 0 unspecified atom stereocenters. The predicted molar refractivity (Wildman–Crippen MR) is 158 cm³/mol. The Morgan fingerprint density at radius 2 is 1.73 bits per heavy atom. The summed E-state index contributed by atoms with van der Waals surface area (Å²) in [5, 5.41) is 4.62. The fraction of sp³-hybridized carbons (Fsp3) is 0.172. The van der Waals surface area contributed by atoms with Crippen LogP contribution in [0.2, 0.25) is 0 Å². The molecule has 1 fully saturated rings. The van der Waals surface area contributed by atoms with Crippen molar-refractivity contribution in [3.05, 3.63) is 87.0 Å². The second-order valence-electron chi connectivity index (χ2n) is 8.79. The number of aryl methyl sites for hydroxylation is 1. The number of nitrogens with zero attached hydrogens (tertiary/aromatic N) is 1. The topological polar surface area (TPSA) is 114 Å². The van der Waals surface area contributed by atoms with Gasteiger partial charge in [0.25, 0.3) is 17.1 Å². The normalized spacial score (nSPS) is 13.9. The van der Waals surface area contributed by atoms with E-state index in [0.29, 0.717) is 45.6 Å². The highest BCUT2D eigenvalue weighted by molar-refractivity contribution is 9.10. The summed E-state index contributed by atoms with van der Waals surface area (Å²) in [5.74, 6) is -1.56. The second kappa shape index (κ2) is 13.5. The van der Waals surface area contributed by atoms with Crippen molar-refractivity contribution in [3.63, 3.8) is 0 Å². The maximum atomic E-state index is 13.4. The van der Waals surface area contributed by atoms with E-state index < -0.39 is 29.4 Å². The summed E-state index contributed by atoms with van der Waals surface area (Å²) in [6.07, 6.45) is 1.50. The lowest BCUT2D eigenvalue weighted by molar-refractivity contribution is -0.127. The molecule has 41 heavy (non-hydrogen) atoms. The van der Waals surface area contributed by atoms with E-state index in [-0.39, 0.29) is 23.1 Å². The number of rotatable bonds is 10. The van der Waals surface area contributed by atoms with Crippen molar-refractivity contribution in [2.24, 2.45) is 0 Å². The molecule has 1 aliphatic heterocycles. The Balaban J connectivity index is 1.44. The van der Waals surface area contributed by atoms with Gasteiger partial charge in [-0.05, 0) is 95.6 Å². The Kier molecular flexibility index (Phi) is 9.79. The van der Waals surface area contributed by atoms with E-state index >= 15 is 0 Å². The molecular formula is C29H25BrFN3O6S. The first-order chi connectivity index (χ1) is 19.6. The minimum Gasteiger partial charge on any atom is -0.490 e. The Morgan fingerprint density at radius 1 is 1.00 bits per heavy atom. The zero-order chi connectivity index (χ0) is 29.5. The maximum absolute atomic E-state index is 13.4. The summed E-state index contributed by atoms with van der Waals surface area (Å²) in [6, 6.07) is 15.9. The van der Waals surface area contributed by atoms with Gasteiger partial charge in [-0.25, -0.2) is 4.39 Å². The van der Waals surface area contributed by atoms with E-state index in [0.717, 1.165) is 16.5 Å². The number of nitrogens with one attached hydrogen (secondary N) is 2. The van der Waals surface area contributed by atoms with Crippen LogP contribution in [0.5, 0.6) is 11.5 Å². The highest BCUT2D eigenvalue weighted by Gasteiger charge is 2.36. The number of ether oxygens (including phenoxy) is 2. The lowest BCUT2D eigenvalue weighted by Gasteiger charge is -2.15. The van der Waals surface area contributed by atoms with E-state index in [1.807, 2.05) is 19.1 Å². The molecule has 12 heteroatoms. The second-order valence-corrected chi connectivity index (χ2v) is 10.6. The Labute approximate surface area is 248 Å². The van der Waals surface area contributed by atoms with Crippen molar-refractivity contribution >= 4 is 68.1 Å². The minimum atomic E-state index is -0.645. The molecule has 2 N–H and O–H groups in total. The largest absolute Gasteiger partial charge is 0.490 e. The minimum absolute atomic E-state index is 0.106. The number of imide groups is 1. The van der Waals surface area contributed by atoms with E-state index in [2.05, 4.69) is 26.6 Å². The fourth-order valence-corrected chi connectivity index (χ4v) is 5.16. The van der Waals surface area contributed by atoms with Gasteiger partial charge in [-0.15, -0.1) is 0 Å². The third-order valence-corrected chi connectivity index (χ3v) is 7.09. The van der Waals surface area contributed by atoms with Crippen LogP contribution in [0, 0.1) is 12.7 Å². The van der Waals surface area contributed by atoms with Gasteiger partial charge in [-0.2, -0.15) is 0 Å². The van der Waals surface area contributed by atoms with Crippen molar-refractivity contribution in [3.8, 4) is 11.5 Å². The molecule has 0 spiro atoms. The summed E-state index contributed by atoms with van der Waals surface area (Å²) in [5.41, 5.74) is 2.44. The fourth-order valence-electron chi connectivity index (χ4n) is 3.74. The van der Waals surface area contributed by atoms with E-state index in [9.17, 15) is 23.6 Å². The van der Waals surface area contributed by atoms with Gasteiger partial charge in [-0.1, -0.05) is 23.8 Å². The summed E-state index contributed by atoms with van der Waals surface area (Å²) < 4.78 is 25.3. The average molecular weight is 643 g/mol. The molecule has 1 aliphatic rings. The zero-order valence-electron chi connectivity index (χ0n) is 22.0. The molecule has 1 saturated heterocycles. The first-order valence-electron chi connectivity index (χ1n) is 12.4. The van der Waals surface area contributed by atoms with Gasteiger partial charge >= 0.3 is 0 Å². The number of amides is 4. The smallest absolute Gasteiger partial charge is 0.294 e. The van der Waals surface area contributed by atoms with Crippen molar-refractivity contribution in [2.75, 3.05) is 30.4 Å². The van der Waals surface area contributed by atoms with Crippen LogP contribution in [-0.2, 0) is 14.4 Å². The van der Waals surface area contributed by atoms with Crippen molar-refractivity contribution in [1.82, 2.24) is 4.90 Å². The van der Waals surface area contributed by atoms with Gasteiger partial charge in [0.2, 0.25) is 5.91 Å². The number of benzene rings is 3.